The van der Waals surface area contributed by atoms with Crippen LogP contribution in [0.1, 0.15) is 18.4 Å². The molecule has 0 amide bonds. The van der Waals surface area contributed by atoms with Crippen molar-refractivity contribution in [3.63, 3.8) is 0 Å². The number of ether oxygens (including phenoxy) is 1. The van der Waals surface area contributed by atoms with Crippen LogP contribution in [0.4, 0.5) is 5.82 Å². The highest BCUT2D eigenvalue weighted by molar-refractivity contribution is 5.50. The number of anilines is 1. The van der Waals surface area contributed by atoms with Gasteiger partial charge in [0, 0.05) is 26.2 Å². The van der Waals surface area contributed by atoms with Gasteiger partial charge in [-0.2, -0.15) is 0 Å². The zero-order valence-electron chi connectivity index (χ0n) is 13.0. The van der Waals surface area contributed by atoms with Gasteiger partial charge in [-0.05, 0) is 39.9 Å². The van der Waals surface area contributed by atoms with Crippen molar-refractivity contribution in [2.45, 2.75) is 25.9 Å². The number of nitrogens with zero attached hydrogens (tertiary/aromatic N) is 4. The third kappa shape index (κ3) is 3.44. The van der Waals surface area contributed by atoms with Gasteiger partial charge >= 0.3 is 0 Å². The maximum atomic E-state index is 6.11. The highest BCUT2D eigenvalue weighted by Crippen LogP contribution is 2.26. The lowest BCUT2D eigenvalue weighted by molar-refractivity contribution is 0.154. The van der Waals surface area contributed by atoms with E-state index in [1.165, 1.54) is 0 Å². The van der Waals surface area contributed by atoms with Crippen molar-refractivity contribution >= 4 is 5.82 Å². The summed E-state index contributed by atoms with van der Waals surface area (Å²) in [5.41, 5.74) is 1.07. The van der Waals surface area contributed by atoms with Crippen molar-refractivity contribution in [2.75, 3.05) is 51.2 Å². The molecule has 21 heavy (non-hydrogen) atoms. The number of rotatable bonds is 3. The third-order valence-electron chi connectivity index (χ3n) is 4.38. The molecule has 1 aromatic rings. The number of hydrogen-bond donors (Lipinski definition) is 1. The summed E-state index contributed by atoms with van der Waals surface area (Å²) in [6.45, 7) is 8.31. The highest BCUT2D eigenvalue weighted by Gasteiger charge is 2.21. The van der Waals surface area contributed by atoms with Crippen LogP contribution in [0, 0.1) is 6.92 Å². The Kier molecular flexibility index (Phi) is 4.55. The summed E-state index contributed by atoms with van der Waals surface area (Å²) in [5.74, 6) is 1.79. The van der Waals surface area contributed by atoms with Gasteiger partial charge in [0.05, 0.1) is 5.56 Å². The summed E-state index contributed by atoms with van der Waals surface area (Å²) in [4.78, 5) is 13.5. The fourth-order valence-electron chi connectivity index (χ4n) is 2.95. The molecule has 3 rings (SSSR count). The number of likely N-dealkylation sites (N-methyl/N-ethyl adjacent to an activating group) is 1. The number of nitrogens with one attached hydrogen (secondary N) is 1. The van der Waals surface area contributed by atoms with Crippen molar-refractivity contribution in [3.8, 4) is 5.88 Å². The van der Waals surface area contributed by atoms with Crippen LogP contribution in [-0.2, 0) is 0 Å². The Hall–Kier alpha value is -1.40. The van der Waals surface area contributed by atoms with Crippen LogP contribution in [0.2, 0.25) is 0 Å². The van der Waals surface area contributed by atoms with E-state index < -0.39 is 0 Å². The van der Waals surface area contributed by atoms with Gasteiger partial charge in [-0.1, -0.05) is 0 Å². The smallest absolute Gasteiger partial charge is 0.221 e. The largest absolute Gasteiger partial charge is 0.474 e. The first-order valence-corrected chi connectivity index (χ1v) is 7.86. The van der Waals surface area contributed by atoms with Crippen molar-refractivity contribution < 1.29 is 4.74 Å². The van der Waals surface area contributed by atoms with Crippen LogP contribution in [0.15, 0.2) is 6.33 Å². The molecule has 2 fully saturated rings. The quantitative estimate of drug-likeness (QED) is 0.883. The summed E-state index contributed by atoms with van der Waals surface area (Å²) in [7, 11) is 2.16. The fourth-order valence-corrected chi connectivity index (χ4v) is 2.95. The van der Waals surface area contributed by atoms with Gasteiger partial charge in [-0.15, -0.1) is 0 Å². The number of piperazine rings is 1. The summed E-state index contributed by atoms with van der Waals surface area (Å²) >= 11 is 0. The van der Waals surface area contributed by atoms with Crippen LogP contribution < -0.4 is 15.0 Å². The molecule has 1 N–H and O–H groups in total. The van der Waals surface area contributed by atoms with Gasteiger partial charge < -0.3 is 19.9 Å². The normalized spacial score (nSPS) is 21.5. The summed E-state index contributed by atoms with van der Waals surface area (Å²) in [6, 6.07) is 0. The van der Waals surface area contributed by atoms with E-state index in [1.807, 2.05) is 0 Å². The maximum Gasteiger partial charge on any atom is 0.221 e. The second kappa shape index (κ2) is 6.58. The van der Waals surface area contributed by atoms with E-state index in [4.69, 9.17) is 4.74 Å². The van der Waals surface area contributed by atoms with Crippen molar-refractivity contribution in [1.82, 2.24) is 20.2 Å². The van der Waals surface area contributed by atoms with E-state index in [1.54, 1.807) is 6.33 Å². The molecule has 0 saturated carbocycles. The second-order valence-electron chi connectivity index (χ2n) is 5.98. The Balaban J connectivity index is 1.72. The van der Waals surface area contributed by atoms with Crippen molar-refractivity contribution in [2.24, 2.45) is 0 Å². The predicted octanol–water partition coefficient (Wildman–Crippen LogP) is 0.668. The van der Waals surface area contributed by atoms with Gasteiger partial charge in [-0.3, -0.25) is 0 Å². The Morgan fingerprint density at radius 1 is 1.14 bits per heavy atom. The molecule has 2 aliphatic rings. The first-order chi connectivity index (χ1) is 10.2. The van der Waals surface area contributed by atoms with E-state index >= 15 is 0 Å². The molecule has 0 aromatic carbocycles. The maximum absolute atomic E-state index is 6.11. The lowest BCUT2D eigenvalue weighted by atomic mass is 10.1. The molecule has 0 bridgehead atoms. The molecule has 0 spiro atoms. The highest BCUT2D eigenvalue weighted by atomic mass is 16.5. The van der Waals surface area contributed by atoms with E-state index in [0.29, 0.717) is 0 Å². The molecule has 3 heterocycles. The molecule has 0 aliphatic carbocycles. The lowest BCUT2D eigenvalue weighted by Gasteiger charge is -2.34. The molecule has 2 aliphatic heterocycles. The summed E-state index contributed by atoms with van der Waals surface area (Å²) < 4.78 is 6.11. The Labute approximate surface area is 126 Å². The molecule has 0 radical (unpaired) electrons. The standard InChI is InChI=1S/C15H25N5O/c1-12-14(20-9-7-19(2)8-10-20)17-11-18-15(12)21-13-3-5-16-6-4-13/h11,13,16H,3-10H2,1-2H3. The molecule has 1 aromatic heterocycles. The van der Waals surface area contributed by atoms with E-state index in [-0.39, 0.29) is 6.10 Å². The first kappa shape index (κ1) is 14.5. The van der Waals surface area contributed by atoms with Crippen LogP contribution >= 0.6 is 0 Å². The third-order valence-corrected chi connectivity index (χ3v) is 4.38. The SMILES string of the molecule is Cc1c(OC2CCNCC2)ncnc1N1CCN(C)CC1. The van der Waals surface area contributed by atoms with Gasteiger partial charge in [0.25, 0.3) is 0 Å². The molecule has 0 unspecified atom stereocenters. The van der Waals surface area contributed by atoms with Crippen LogP contribution in [0.3, 0.4) is 0 Å². The van der Waals surface area contributed by atoms with Crippen molar-refractivity contribution in [3.05, 3.63) is 11.9 Å². The van der Waals surface area contributed by atoms with Gasteiger partial charge in [0.1, 0.15) is 18.2 Å². The summed E-state index contributed by atoms with van der Waals surface area (Å²) in [6.07, 6.45) is 4.01. The number of piperidine rings is 1. The van der Waals surface area contributed by atoms with Crippen molar-refractivity contribution in [1.29, 1.82) is 0 Å². The van der Waals surface area contributed by atoms with Crippen LogP contribution in [-0.4, -0.2) is 67.3 Å². The monoisotopic (exact) mass is 291 g/mol. The summed E-state index contributed by atoms with van der Waals surface area (Å²) in [5, 5.41) is 3.36. The molecule has 2 saturated heterocycles. The lowest BCUT2D eigenvalue weighted by Crippen LogP contribution is -2.45. The Morgan fingerprint density at radius 3 is 2.57 bits per heavy atom. The average molecular weight is 291 g/mol. The van der Waals surface area contributed by atoms with Crippen LogP contribution in [0.5, 0.6) is 5.88 Å². The van der Waals surface area contributed by atoms with E-state index in [0.717, 1.165) is 69.4 Å². The molecule has 6 nitrogen and oxygen atoms in total. The molecular formula is C15H25N5O. The zero-order chi connectivity index (χ0) is 14.7. The first-order valence-electron chi connectivity index (χ1n) is 7.86. The predicted molar refractivity (Wildman–Crippen MR) is 83.0 cm³/mol. The van der Waals surface area contributed by atoms with E-state index in [9.17, 15) is 0 Å². The molecule has 116 valence electrons. The minimum Gasteiger partial charge on any atom is -0.474 e. The minimum atomic E-state index is 0.278. The second-order valence-corrected chi connectivity index (χ2v) is 5.98. The number of aromatic nitrogens is 2. The number of hydrogen-bond acceptors (Lipinski definition) is 6. The Morgan fingerprint density at radius 2 is 1.86 bits per heavy atom. The van der Waals surface area contributed by atoms with E-state index in [2.05, 4.69) is 39.1 Å². The molecular weight excluding hydrogens is 266 g/mol. The average Bonchev–Trinajstić information content (AvgIpc) is 2.52. The molecule has 6 heteroatoms. The fraction of sp³-hybridized carbons (Fsp3) is 0.733. The minimum absolute atomic E-state index is 0.278. The Bertz CT molecular complexity index is 467. The zero-order valence-corrected chi connectivity index (χ0v) is 13.0. The van der Waals surface area contributed by atoms with Gasteiger partial charge in [0.2, 0.25) is 5.88 Å². The molecule has 0 atom stereocenters. The van der Waals surface area contributed by atoms with Gasteiger partial charge in [0.15, 0.2) is 0 Å². The van der Waals surface area contributed by atoms with Crippen LogP contribution in [0.25, 0.3) is 0 Å². The topological polar surface area (TPSA) is 53.5 Å². The van der Waals surface area contributed by atoms with Gasteiger partial charge in [-0.25, -0.2) is 9.97 Å².